The molecule has 0 saturated heterocycles. The van der Waals surface area contributed by atoms with Gasteiger partial charge >= 0.3 is 0 Å². The van der Waals surface area contributed by atoms with Crippen LogP contribution >= 0.6 is 0 Å². The molecule has 4 nitrogen and oxygen atoms in total. The third-order valence-electron chi connectivity index (χ3n) is 2.70. The second-order valence-electron chi connectivity index (χ2n) is 3.77. The summed E-state index contributed by atoms with van der Waals surface area (Å²) in [5, 5.41) is 0. The van der Waals surface area contributed by atoms with Gasteiger partial charge in [-0.25, -0.2) is 4.98 Å². The number of aromatic nitrogens is 2. The monoisotopic (exact) mass is 196 g/mol. The first-order valence-electron chi connectivity index (χ1n) is 5.01. The van der Waals surface area contributed by atoms with Crippen molar-refractivity contribution in [2.75, 3.05) is 20.1 Å². The van der Waals surface area contributed by atoms with Crippen LogP contribution in [0.25, 0.3) is 0 Å². The normalized spacial score (nSPS) is 13.5. The second kappa shape index (κ2) is 5.12. The number of nitrogens with two attached hydrogens (primary N) is 1. The van der Waals surface area contributed by atoms with Gasteiger partial charge in [-0.1, -0.05) is 0 Å². The number of nitrogens with zero attached hydrogens (tertiary/aromatic N) is 3. The topological polar surface area (TPSA) is 47.1 Å². The highest BCUT2D eigenvalue weighted by Gasteiger charge is 2.07. The third-order valence-corrected chi connectivity index (χ3v) is 2.70. The number of hydrogen-bond acceptors (Lipinski definition) is 3. The first kappa shape index (κ1) is 11.2. The zero-order valence-electron chi connectivity index (χ0n) is 9.27. The molecule has 0 fully saturated rings. The SMILES string of the molecule is CC(CN)N(C)CCc1nccn1C. The van der Waals surface area contributed by atoms with E-state index in [9.17, 15) is 0 Å². The van der Waals surface area contributed by atoms with Crippen LogP contribution in [0.1, 0.15) is 12.7 Å². The fourth-order valence-corrected chi connectivity index (χ4v) is 1.31. The lowest BCUT2D eigenvalue weighted by Crippen LogP contribution is -2.36. The van der Waals surface area contributed by atoms with Gasteiger partial charge in [0.05, 0.1) is 0 Å². The summed E-state index contributed by atoms with van der Waals surface area (Å²) in [6, 6.07) is 0.440. The zero-order chi connectivity index (χ0) is 10.6. The minimum Gasteiger partial charge on any atom is -0.338 e. The molecule has 1 aromatic heterocycles. The highest BCUT2D eigenvalue weighted by atomic mass is 15.1. The first-order valence-corrected chi connectivity index (χ1v) is 5.01. The summed E-state index contributed by atoms with van der Waals surface area (Å²) >= 11 is 0. The molecule has 4 heteroatoms. The molecular weight excluding hydrogens is 176 g/mol. The van der Waals surface area contributed by atoms with Gasteiger partial charge in [0, 0.05) is 45.0 Å². The molecule has 1 heterocycles. The van der Waals surface area contributed by atoms with E-state index in [1.54, 1.807) is 0 Å². The Labute approximate surface area is 85.7 Å². The van der Waals surface area contributed by atoms with Crippen molar-refractivity contribution in [1.29, 1.82) is 0 Å². The Bertz CT molecular complexity index is 269. The van der Waals surface area contributed by atoms with Crippen LogP contribution in [0.3, 0.4) is 0 Å². The first-order chi connectivity index (χ1) is 6.65. The lowest BCUT2D eigenvalue weighted by Gasteiger charge is -2.22. The van der Waals surface area contributed by atoms with Gasteiger partial charge in [-0.2, -0.15) is 0 Å². The van der Waals surface area contributed by atoms with Gasteiger partial charge in [-0.15, -0.1) is 0 Å². The quantitative estimate of drug-likeness (QED) is 0.734. The molecule has 0 aliphatic carbocycles. The van der Waals surface area contributed by atoms with Crippen molar-refractivity contribution in [2.45, 2.75) is 19.4 Å². The van der Waals surface area contributed by atoms with Crippen molar-refractivity contribution in [3.63, 3.8) is 0 Å². The van der Waals surface area contributed by atoms with Crippen molar-refractivity contribution in [3.8, 4) is 0 Å². The van der Waals surface area contributed by atoms with E-state index in [2.05, 4.69) is 28.4 Å². The van der Waals surface area contributed by atoms with E-state index < -0.39 is 0 Å². The van der Waals surface area contributed by atoms with Crippen LogP contribution in [0.4, 0.5) is 0 Å². The summed E-state index contributed by atoms with van der Waals surface area (Å²) in [6.45, 7) is 3.85. The highest BCUT2D eigenvalue weighted by molar-refractivity contribution is 4.91. The lowest BCUT2D eigenvalue weighted by molar-refractivity contribution is 0.264. The van der Waals surface area contributed by atoms with Crippen molar-refractivity contribution >= 4 is 0 Å². The van der Waals surface area contributed by atoms with Gasteiger partial charge in [0.25, 0.3) is 0 Å². The van der Waals surface area contributed by atoms with Crippen LogP contribution in [-0.2, 0) is 13.5 Å². The summed E-state index contributed by atoms with van der Waals surface area (Å²) in [4.78, 5) is 6.54. The smallest absolute Gasteiger partial charge is 0.109 e. The minimum absolute atomic E-state index is 0.440. The van der Waals surface area contributed by atoms with E-state index in [0.717, 1.165) is 18.8 Å². The molecule has 0 aliphatic rings. The van der Waals surface area contributed by atoms with Crippen LogP contribution in [0.15, 0.2) is 12.4 Å². The summed E-state index contributed by atoms with van der Waals surface area (Å²) in [5.74, 6) is 1.13. The predicted molar refractivity (Wildman–Crippen MR) is 58.1 cm³/mol. The van der Waals surface area contributed by atoms with Gasteiger partial charge in [-0.05, 0) is 14.0 Å². The number of hydrogen-bond donors (Lipinski definition) is 1. The van der Waals surface area contributed by atoms with Crippen LogP contribution in [0.5, 0.6) is 0 Å². The van der Waals surface area contributed by atoms with E-state index in [4.69, 9.17) is 5.73 Å². The molecule has 0 bridgehead atoms. The Morgan fingerprint density at radius 1 is 1.64 bits per heavy atom. The van der Waals surface area contributed by atoms with Gasteiger partial charge in [0.15, 0.2) is 0 Å². The van der Waals surface area contributed by atoms with Crippen molar-refractivity contribution in [1.82, 2.24) is 14.5 Å². The number of rotatable bonds is 5. The van der Waals surface area contributed by atoms with E-state index >= 15 is 0 Å². The van der Waals surface area contributed by atoms with Crippen molar-refractivity contribution < 1.29 is 0 Å². The number of imidazole rings is 1. The maximum absolute atomic E-state index is 5.59. The van der Waals surface area contributed by atoms with Crippen molar-refractivity contribution in [2.24, 2.45) is 12.8 Å². The Kier molecular flexibility index (Phi) is 4.10. The molecule has 0 aromatic carbocycles. The van der Waals surface area contributed by atoms with Gasteiger partial charge in [0.1, 0.15) is 5.82 Å². The maximum atomic E-state index is 5.59. The molecule has 0 amide bonds. The molecule has 2 N–H and O–H groups in total. The summed E-state index contributed by atoms with van der Waals surface area (Å²) in [7, 11) is 4.12. The minimum atomic E-state index is 0.440. The van der Waals surface area contributed by atoms with Crippen LogP contribution in [0, 0.1) is 0 Å². The number of aryl methyl sites for hydroxylation is 1. The summed E-state index contributed by atoms with van der Waals surface area (Å²) < 4.78 is 2.06. The molecule has 1 unspecified atom stereocenters. The summed E-state index contributed by atoms with van der Waals surface area (Å²) in [6.07, 6.45) is 4.79. The van der Waals surface area contributed by atoms with E-state index in [1.807, 2.05) is 19.4 Å². The van der Waals surface area contributed by atoms with E-state index in [0.29, 0.717) is 12.6 Å². The maximum Gasteiger partial charge on any atom is 0.109 e. The molecule has 14 heavy (non-hydrogen) atoms. The van der Waals surface area contributed by atoms with Crippen LogP contribution < -0.4 is 5.73 Å². The van der Waals surface area contributed by atoms with E-state index in [-0.39, 0.29) is 0 Å². The van der Waals surface area contributed by atoms with E-state index in [1.165, 1.54) is 0 Å². The molecule has 0 aliphatic heterocycles. The van der Waals surface area contributed by atoms with Gasteiger partial charge < -0.3 is 15.2 Å². The molecule has 1 rings (SSSR count). The molecule has 1 aromatic rings. The Morgan fingerprint density at radius 2 is 2.36 bits per heavy atom. The standard InChI is InChI=1S/C10H20N4/c1-9(8-11)13(2)6-4-10-12-5-7-14(10)3/h5,7,9H,4,6,8,11H2,1-3H3. The largest absolute Gasteiger partial charge is 0.338 e. The number of likely N-dealkylation sites (N-methyl/N-ethyl adjacent to an activating group) is 1. The molecule has 1 atom stereocenters. The Morgan fingerprint density at radius 3 is 2.86 bits per heavy atom. The second-order valence-corrected chi connectivity index (χ2v) is 3.77. The average molecular weight is 196 g/mol. The molecule has 80 valence electrons. The fraction of sp³-hybridized carbons (Fsp3) is 0.700. The zero-order valence-corrected chi connectivity index (χ0v) is 9.27. The predicted octanol–water partition coefficient (Wildman–Crippen LogP) is 0.242. The fourth-order valence-electron chi connectivity index (χ4n) is 1.31. The third kappa shape index (κ3) is 2.82. The Balaban J connectivity index is 2.37. The van der Waals surface area contributed by atoms with Crippen molar-refractivity contribution in [3.05, 3.63) is 18.2 Å². The average Bonchev–Trinajstić information content (AvgIpc) is 2.59. The van der Waals surface area contributed by atoms with Crippen LogP contribution in [0.2, 0.25) is 0 Å². The molecule has 0 spiro atoms. The molecule has 0 saturated carbocycles. The molecular formula is C10H20N4. The van der Waals surface area contributed by atoms with Crippen LogP contribution in [-0.4, -0.2) is 40.6 Å². The Hall–Kier alpha value is -0.870. The highest BCUT2D eigenvalue weighted by Crippen LogP contribution is 1.99. The summed E-state index contributed by atoms with van der Waals surface area (Å²) in [5.41, 5.74) is 5.59. The van der Waals surface area contributed by atoms with Gasteiger partial charge in [0.2, 0.25) is 0 Å². The lowest BCUT2D eigenvalue weighted by atomic mass is 10.3. The molecule has 0 radical (unpaired) electrons. The van der Waals surface area contributed by atoms with Gasteiger partial charge in [-0.3, -0.25) is 0 Å².